The molecule has 0 fully saturated rings. The molecule has 2 aromatic heterocycles. The summed E-state index contributed by atoms with van der Waals surface area (Å²) in [5.41, 5.74) is 12.8. The number of nitrogens with one attached hydrogen (secondary N) is 2. The van der Waals surface area contributed by atoms with Crippen molar-refractivity contribution in [1.29, 1.82) is 0 Å². The van der Waals surface area contributed by atoms with Crippen LogP contribution in [0.15, 0.2) is 50.1 Å². The molecule has 7 N–H and O–H groups in total. The van der Waals surface area contributed by atoms with Crippen molar-refractivity contribution in [1.82, 2.24) is 10.5 Å². The molecule has 1 aromatic carbocycles. The van der Waals surface area contributed by atoms with Crippen LogP contribution in [0.5, 0.6) is 0 Å². The van der Waals surface area contributed by atoms with Crippen LogP contribution >= 0.6 is 11.3 Å². The second-order valence-corrected chi connectivity index (χ2v) is 10.4. The SMILES string of the molecule is Cc1noc(C)c1-c1ccc(S(=O)(=O)Nc2ccsc2C(=O)N[C@@H](CCCN=C(N)N)C(=O)O)cc1. The van der Waals surface area contributed by atoms with Gasteiger partial charge >= 0.3 is 5.97 Å². The fourth-order valence-corrected chi connectivity index (χ4v) is 5.34. The van der Waals surface area contributed by atoms with Gasteiger partial charge in [-0.15, -0.1) is 11.3 Å². The van der Waals surface area contributed by atoms with E-state index < -0.39 is 27.9 Å². The first-order valence-electron chi connectivity index (χ1n) is 10.7. The number of carbonyl (C=O) groups is 2. The number of aryl methyl sites for hydroxylation is 2. The molecule has 0 spiro atoms. The smallest absolute Gasteiger partial charge is 0.326 e. The Kier molecular flexibility index (Phi) is 8.32. The first-order chi connectivity index (χ1) is 17.0. The van der Waals surface area contributed by atoms with E-state index in [2.05, 4.69) is 20.2 Å². The number of amides is 1. The average Bonchev–Trinajstić information content (AvgIpc) is 3.40. The summed E-state index contributed by atoms with van der Waals surface area (Å²) in [5, 5.41) is 17.3. The van der Waals surface area contributed by atoms with Gasteiger partial charge in [-0.05, 0) is 55.8 Å². The van der Waals surface area contributed by atoms with Gasteiger partial charge in [0.05, 0.1) is 16.3 Å². The average molecular weight is 535 g/mol. The van der Waals surface area contributed by atoms with Gasteiger partial charge < -0.3 is 26.4 Å². The molecule has 0 bridgehead atoms. The molecule has 0 aliphatic rings. The number of hydrogen-bond acceptors (Lipinski definition) is 8. The number of rotatable bonds is 11. The Morgan fingerprint density at radius 2 is 1.89 bits per heavy atom. The Labute approximate surface area is 211 Å². The van der Waals surface area contributed by atoms with Gasteiger partial charge in [0.1, 0.15) is 16.7 Å². The third kappa shape index (κ3) is 6.40. The maximum Gasteiger partial charge on any atom is 0.326 e. The molecule has 1 amide bonds. The Morgan fingerprint density at radius 3 is 2.47 bits per heavy atom. The van der Waals surface area contributed by atoms with Crippen molar-refractivity contribution in [2.24, 2.45) is 16.5 Å². The van der Waals surface area contributed by atoms with Gasteiger partial charge in [0.25, 0.3) is 15.9 Å². The normalized spacial score (nSPS) is 12.1. The minimum atomic E-state index is -4.03. The van der Waals surface area contributed by atoms with Crippen LogP contribution in [0.3, 0.4) is 0 Å². The van der Waals surface area contributed by atoms with E-state index in [0.29, 0.717) is 17.9 Å². The highest BCUT2D eigenvalue weighted by Gasteiger charge is 2.25. The lowest BCUT2D eigenvalue weighted by molar-refractivity contribution is -0.139. The van der Waals surface area contributed by atoms with Crippen LogP contribution < -0.4 is 21.5 Å². The van der Waals surface area contributed by atoms with E-state index in [1.165, 1.54) is 23.6 Å². The van der Waals surface area contributed by atoms with Crippen molar-refractivity contribution in [3.05, 3.63) is 52.0 Å². The number of carboxylic acid groups (broad SMARTS) is 1. The maximum atomic E-state index is 13.0. The van der Waals surface area contributed by atoms with Gasteiger partial charge in [0.2, 0.25) is 0 Å². The van der Waals surface area contributed by atoms with Crippen molar-refractivity contribution in [3.8, 4) is 11.1 Å². The lowest BCUT2D eigenvalue weighted by Gasteiger charge is -2.15. The summed E-state index contributed by atoms with van der Waals surface area (Å²) in [7, 11) is -4.03. The molecule has 0 saturated heterocycles. The zero-order chi connectivity index (χ0) is 26.5. The molecule has 3 aromatic rings. The largest absolute Gasteiger partial charge is 0.480 e. The minimum Gasteiger partial charge on any atom is -0.480 e. The van der Waals surface area contributed by atoms with Crippen LogP contribution in [0, 0.1) is 13.8 Å². The highest BCUT2D eigenvalue weighted by molar-refractivity contribution is 7.92. The monoisotopic (exact) mass is 534 g/mol. The topological polar surface area (TPSA) is 203 Å². The highest BCUT2D eigenvalue weighted by Crippen LogP contribution is 2.29. The molecular weight excluding hydrogens is 508 g/mol. The number of aliphatic carboxylic acids is 1. The zero-order valence-electron chi connectivity index (χ0n) is 19.5. The first kappa shape index (κ1) is 26.7. The van der Waals surface area contributed by atoms with Gasteiger partial charge in [-0.3, -0.25) is 14.5 Å². The van der Waals surface area contributed by atoms with Gasteiger partial charge in [-0.2, -0.15) is 0 Å². The molecule has 3 rings (SSSR count). The quantitative estimate of drug-likeness (QED) is 0.138. The number of nitrogens with zero attached hydrogens (tertiary/aromatic N) is 2. The molecule has 192 valence electrons. The van der Waals surface area contributed by atoms with Crippen LogP contribution in [0.4, 0.5) is 5.69 Å². The van der Waals surface area contributed by atoms with E-state index in [4.69, 9.17) is 16.0 Å². The third-order valence-electron chi connectivity index (χ3n) is 5.15. The Hall–Kier alpha value is -3.91. The molecule has 1 atom stereocenters. The summed E-state index contributed by atoms with van der Waals surface area (Å²) in [6, 6.07) is 6.39. The van der Waals surface area contributed by atoms with E-state index >= 15 is 0 Å². The predicted octanol–water partition coefficient (Wildman–Crippen LogP) is 2.06. The number of anilines is 1. The minimum absolute atomic E-state index is 0.0151. The van der Waals surface area contributed by atoms with Crippen molar-refractivity contribution >= 4 is 44.9 Å². The summed E-state index contributed by atoms with van der Waals surface area (Å²) in [6.45, 7) is 3.77. The Morgan fingerprint density at radius 1 is 1.19 bits per heavy atom. The number of aliphatic imine (C=N–C) groups is 1. The van der Waals surface area contributed by atoms with Gasteiger partial charge in [-0.1, -0.05) is 17.3 Å². The van der Waals surface area contributed by atoms with Crippen molar-refractivity contribution in [2.45, 2.75) is 37.6 Å². The number of sulfonamides is 1. The second-order valence-electron chi connectivity index (χ2n) is 7.81. The molecule has 0 aliphatic heterocycles. The number of nitrogens with two attached hydrogens (primary N) is 2. The fraction of sp³-hybridized carbons (Fsp3) is 0.273. The van der Waals surface area contributed by atoms with Gasteiger partial charge in [0.15, 0.2) is 5.96 Å². The van der Waals surface area contributed by atoms with E-state index in [-0.39, 0.29) is 34.4 Å². The molecule has 14 heteroatoms. The van der Waals surface area contributed by atoms with Crippen LogP contribution in [-0.2, 0) is 14.8 Å². The van der Waals surface area contributed by atoms with Crippen molar-refractivity contribution in [3.63, 3.8) is 0 Å². The molecule has 0 radical (unpaired) electrons. The molecule has 0 saturated carbocycles. The third-order valence-corrected chi connectivity index (χ3v) is 7.45. The number of guanidine groups is 1. The summed E-state index contributed by atoms with van der Waals surface area (Å²) in [6.07, 6.45) is 0.408. The second kappa shape index (κ2) is 11.2. The molecule has 0 aliphatic carbocycles. The number of thiophene rings is 1. The molecule has 2 heterocycles. The summed E-state index contributed by atoms with van der Waals surface area (Å²) < 4.78 is 33.5. The highest BCUT2D eigenvalue weighted by atomic mass is 32.2. The van der Waals surface area contributed by atoms with Gasteiger partial charge in [0, 0.05) is 12.1 Å². The maximum absolute atomic E-state index is 13.0. The number of carboxylic acids is 1. The lowest BCUT2D eigenvalue weighted by Crippen LogP contribution is -2.40. The van der Waals surface area contributed by atoms with Crippen molar-refractivity contribution in [2.75, 3.05) is 11.3 Å². The number of benzene rings is 1. The van der Waals surface area contributed by atoms with E-state index in [1.807, 2.05) is 0 Å². The van der Waals surface area contributed by atoms with Crippen molar-refractivity contribution < 1.29 is 27.6 Å². The first-order valence-corrected chi connectivity index (χ1v) is 13.1. The molecular formula is C22H26N6O6S2. The van der Waals surface area contributed by atoms with Crippen LogP contribution in [0.2, 0.25) is 0 Å². The Balaban J connectivity index is 1.72. The number of aromatic nitrogens is 1. The molecule has 0 unspecified atom stereocenters. The summed E-state index contributed by atoms with van der Waals surface area (Å²) in [5.74, 6) is -1.44. The Bertz CT molecular complexity index is 1350. The standard InChI is InChI=1S/C22H26N6O6S2/c1-12-18(13(2)34-27-12)14-5-7-15(8-6-14)36(32,33)28-16-9-11-35-19(16)20(29)26-17(21(30)31)4-3-10-25-22(23)24/h5-9,11,17,28H,3-4,10H2,1-2H3,(H,26,29)(H,30,31)(H4,23,24,25)/t17-/m0/s1. The summed E-state index contributed by atoms with van der Waals surface area (Å²) in [4.78, 5) is 28.1. The number of carbonyl (C=O) groups excluding carboxylic acids is 1. The zero-order valence-corrected chi connectivity index (χ0v) is 21.1. The van der Waals surface area contributed by atoms with Crippen LogP contribution in [-0.4, -0.2) is 49.1 Å². The fourth-order valence-electron chi connectivity index (χ4n) is 3.45. The van der Waals surface area contributed by atoms with E-state index in [0.717, 1.165) is 22.5 Å². The van der Waals surface area contributed by atoms with Crippen LogP contribution in [0.25, 0.3) is 11.1 Å². The lowest BCUT2D eigenvalue weighted by atomic mass is 10.0. The number of hydrogen-bond donors (Lipinski definition) is 5. The molecule has 36 heavy (non-hydrogen) atoms. The predicted molar refractivity (Wildman–Crippen MR) is 135 cm³/mol. The van der Waals surface area contributed by atoms with E-state index in [1.54, 1.807) is 26.0 Å². The summed E-state index contributed by atoms with van der Waals surface area (Å²) >= 11 is 0.979. The van der Waals surface area contributed by atoms with Gasteiger partial charge in [-0.25, -0.2) is 13.2 Å². The van der Waals surface area contributed by atoms with Crippen LogP contribution in [0.1, 0.15) is 34.0 Å². The molecule has 12 nitrogen and oxygen atoms in total. The van der Waals surface area contributed by atoms with E-state index in [9.17, 15) is 23.1 Å².